The Labute approximate surface area is 142 Å². The minimum absolute atomic E-state index is 0.107. The molecule has 3 aromatic rings. The summed E-state index contributed by atoms with van der Waals surface area (Å²) in [4.78, 5) is 23.0. The largest absolute Gasteiger partial charge is 0.327 e. The maximum absolute atomic E-state index is 13.7. The molecular formula is C18H14FN3OS. The smallest absolute Gasteiger partial charge is 0.273 e. The molecule has 0 fully saturated rings. The van der Waals surface area contributed by atoms with Crippen molar-refractivity contribution >= 4 is 17.2 Å². The third kappa shape index (κ3) is 2.80. The second-order valence-corrected chi connectivity index (χ2v) is 6.61. The molecule has 1 amide bonds. The maximum atomic E-state index is 13.7. The highest BCUT2D eigenvalue weighted by molar-refractivity contribution is 7.09. The summed E-state index contributed by atoms with van der Waals surface area (Å²) in [7, 11) is 0. The Kier molecular flexibility index (Phi) is 3.82. The van der Waals surface area contributed by atoms with Crippen LogP contribution in [0.4, 0.5) is 4.39 Å². The van der Waals surface area contributed by atoms with Crippen LogP contribution in [0.1, 0.15) is 32.3 Å². The molecule has 0 N–H and O–H groups in total. The molecule has 1 aromatic carbocycles. The van der Waals surface area contributed by atoms with E-state index < -0.39 is 0 Å². The van der Waals surface area contributed by atoms with Gasteiger partial charge in [-0.1, -0.05) is 24.3 Å². The summed E-state index contributed by atoms with van der Waals surface area (Å²) >= 11 is 1.38. The quantitative estimate of drug-likeness (QED) is 0.734. The van der Waals surface area contributed by atoms with Gasteiger partial charge in [0.05, 0.1) is 17.2 Å². The van der Waals surface area contributed by atoms with Crippen LogP contribution in [0.25, 0.3) is 0 Å². The van der Waals surface area contributed by atoms with Gasteiger partial charge in [-0.2, -0.15) is 0 Å². The number of nitrogens with zero attached hydrogens (tertiary/aromatic N) is 3. The Bertz CT molecular complexity index is 884. The maximum Gasteiger partial charge on any atom is 0.273 e. The Hall–Kier alpha value is -2.60. The molecular weight excluding hydrogens is 325 g/mol. The number of amides is 1. The van der Waals surface area contributed by atoms with Crippen LogP contribution < -0.4 is 0 Å². The zero-order chi connectivity index (χ0) is 16.5. The van der Waals surface area contributed by atoms with Crippen LogP contribution in [0.15, 0.2) is 48.0 Å². The number of carbonyl (C=O) groups is 1. The van der Waals surface area contributed by atoms with Crippen molar-refractivity contribution < 1.29 is 9.18 Å². The van der Waals surface area contributed by atoms with Gasteiger partial charge in [0.2, 0.25) is 0 Å². The summed E-state index contributed by atoms with van der Waals surface area (Å²) in [5.41, 5.74) is 3.02. The number of rotatable bonds is 3. The van der Waals surface area contributed by atoms with Crippen molar-refractivity contribution in [3.05, 3.63) is 81.3 Å². The molecule has 0 aliphatic carbocycles. The average molecular weight is 339 g/mol. The first-order valence-corrected chi connectivity index (χ1v) is 8.48. The summed E-state index contributed by atoms with van der Waals surface area (Å²) < 4.78 is 13.7. The fraction of sp³-hybridized carbons (Fsp3) is 0.167. The first kappa shape index (κ1) is 15.0. The minimum Gasteiger partial charge on any atom is -0.327 e. The van der Waals surface area contributed by atoms with Crippen LogP contribution in [0.2, 0.25) is 0 Å². The van der Waals surface area contributed by atoms with E-state index in [9.17, 15) is 9.18 Å². The Morgan fingerprint density at radius 3 is 2.92 bits per heavy atom. The van der Waals surface area contributed by atoms with Crippen LogP contribution in [0.5, 0.6) is 0 Å². The zero-order valence-corrected chi connectivity index (χ0v) is 13.6. The normalized spacial score (nSPS) is 13.1. The van der Waals surface area contributed by atoms with Crippen LogP contribution in [0, 0.1) is 5.82 Å². The van der Waals surface area contributed by atoms with Gasteiger partial charge in [-0.05, 0) is 23.3 Å². The SMILES string of the molecule is O=C(c1csc(Cc2ccccc2F)n1)N1Cc2cccnc2C1. The van der Waals surface area contributed by atoms with Crippen molar-refractivity contribution in [3.8, 4) is 0 Å². The lowest BCUT2D eigenvalue weighted by Gasteiger charge is -2.13. The number of hydrogen-bond donors (Lipinski definition) is 0. The number of hydrogen-bond acceptors (Lipinski definition) is 4. The van der Waals surface area contributed by atoms with E-state index in [-0.39, 0.29) is 11.7 Å². The molecule has 0 atom stereocenters. The summed E-state index contributed by atoms with van der Waals surface area (Å²) in [6.07, 6.45) is 2.13. The van der Waals surface area contributed by atoms with Gasteiger partial charge in [0.15, 0.2) is 0 Å². The highest BCUT2D eigenvalue weighted by atomic mass is 32.1. The van der Waals surface area contributed by atoms with Crippen molar-refractivity contribution in [2.24, 2.45) is 0 Å². The second-order valence-electron chi connectivity index (χ2n) is 5.67. The van der Waals surface area contributed by atoms with Crippen LogP contribution >= 0.6 is 11.3 Å². The molecule has 4 rings (SSSR count). The molecule has 120 valence electrons. The van der Waals surface area contributed by atoms with Crippen molar-refractivity contribution in [1.29, 1.82) is 0 Å². The third-order valence-electron chi connectivity index (χ3n) is 4.04. The highest BCUT2D eigenvalue weighted by Gasteiger charge is 2.26. The summed E-state index contributed by atoms with van der Waals surface area (Å²) in [6, 6.07) is 10.5. The van der Waals surface area contributed by atoms with Crippen molar-refractivity contribution in [2.45, 2.75) is 19.5 Å². The van der Waals surface area contributed by atoms with Gasteiger partial charge < -0.3 is 4.90 Å². The lowest BCUT2D eigenvalue weighted by molar-refractivity contribution is 0.0745. The topological polar surface area (TPSA) is 46.1 Å². The predicted octanol–water partition coefficient (Wildman–Crippen LogP) is 3.42. The van der Waals surface area contributed by atoms with Crippen molar-refractivity contribution in [3.63, 3.8) is 0 Å². The summed E-state index contributed by atoms with van der Waals surface area (Å²) in [5, 5.41) is 2.48. The Morgan fingerprint density at radius 1 is 1.21 bits per heavy atom. The van der Waals surface area contributed by atoms with Gasteiger partial charge in [-0.25, -0.2) is 9.37 Å². The molecule has 4 nitrogen and oxygen atoms in total. The average Bonchev–Trinajstić information content (AvgIpc) is 3.23. The number of aromatic nitrogens is 2. The van der Waals surface area contributed by atoms with Crippen LogP contribution in [-0.4, -0.2) is 20.8 Å². The predicted molar refractivity (Wildman–Crippen MR) is 89.1 cm³/mol. The van der Waals surface area contributed by atoms with Gasteiger partial charge in [0.1, 0.15) is 11.5 Å². The number of pyridine rings is 1. The Balaban J connectivity index is 1.49. The molecule has 6 heteroatoms. The molecule has 0 saturated carbocycles. The standard InChI is InChI=1S/C18H14FN3OS/c19-14-6-2-1-4-12(14)8-17-21-16(11-24-17)18(23)22-9-13-5-3-7-20-15(13)10-22/h1-7,11H,8-10H2. The Morgan fingerprint density at radius 2 is 2.08 bits per heavy atom. The van der Waals surface area contributed by atoms with E-state index in [1.54, 1.807) is 34.7 Å². The first-order chi connectivity index (χ1) is 11.7. The first-order valence-electron chi connectivity index (χ1n) is 7.60. The number of carbonyl (C=O) groups excluding carboxylic acids is 1. The monoisotopic (exact) mass is 339 g/mol. The lowest BCUT2D eigenvalue weighted by Crippen LogP contribution is -2.25. The molecule has 1 aliphatic rings. The van der Waals surface area contributed by atoms with Gasteiger partial charge in [-0.15, -0.1) is 11.3 Å². The van der Waals surface area contributed by atoms with Crippen LogP contribution in [-0.2, 0) is 19.5 Å². The second kappa shape index (κ2) is 6.13. The number of benzene rings is 1. The minimum atomic E-state index is -0.248. The summed E-state index contributed by atoms with van der Waals surface area (Å²) in [5.74, 6) is -0.356. The number of halogens is 1. The molecule has 0 spiro atoms. The van der Waals surface area contributed by atoms with E-state index in [0.717, 1.165) is 16.3 Å². The molecule has 1 aliphatic heterocycles. The van der Waals surface area contributed by atoms with E-state index in [2.05, 4.69) is 9.97 Å². The van der Waals surface area contributed by atoms with Gasteiger partial charge >= 0.3 is 0 Å². The molecule has 3 heterocycles. The van der Waals surface area contributed by atoms with E-state index >= 15 is 0 Å². The molecule has 0 bridgehead atoms. The van der Waals surface area contributed by atoms with Gasteiger partial charge in [0, 0.05) is 24.5 Å². The highest BCUT2D eigenvalue weighted by Crippen LogP contribution is 2.23. The van der Waals surface area contributed by atoms with Crippen molar-refractivity contribution in [2.75, 3.05) is 0 Å². The van der Waals surface area contributed by atoms with Crippen molar-refractivity contribution in [1.82, 2.24) is 14.9 Å². The fourth-order valence-corrected chi connectivity index (χ4v) is 3.59. The molecule has 2 aromatic heterocycles. The molecule has 0 unspecified atom stereocenters. The van der Waals surface area contributed by atoms with E-state index in [1.807, 2.05) is 12.1 Å². The molecule has 0 radical (unpaired) electrons. The summed E-state index contributed by atoms with van der Waals surface area (Å²) in [6.45, 7) is 1.07. The fourth-order valence-electron chi connectivity index (χ4n) is 2.80. The van der Waals surface area contributed by atoms with Gasteiger partial charge in [-0.3, -0.25) is 9.78 Å². The zero-order valence-electron chi connectivity index (χ0n) is 12.8. The number of thiazole rings is 1. The molecule has 0 saturated heterocycles. The van der Waals surface area contributed by atoms with E-state index in [4.69, 9.17) is 0 Å². The van der Waals surface area contributed by atoms with Crippen LogP contribution in [0.3, 0.4) is 0 Å². The van der Waals surface area contributed by atoms with E-state index in [1.165, 1.54) is 17.4 Å². The third-order valence-corrected chi connectivity index (χ3v) is 4.89. The lowest BCUT2D eigenvalue weighted by atomic mass is 10.1. The van der Waals surface area contributed by atoms with Gasteiger partial charge in [0.25, 0.3) is 5.91 Å². The molecule has 24 heavy (non-hydrogen) atoms. The van der Waals surface area contributed by atoms with E-state index in [0.29, 0.717) is 30.8 Å². The number of fused-ring (bicyclic) bond motifs is 1.